The molecule has 3 aliphatic rings. The summed E-state index contributed by atoms with van der Waals surface area (Å²) >= 11 is 0. The molecular weight excluding hydrogens is 465 g/mol. The van der Waals surface area contributed by atoms with Gasteiger partial charge in [0.1, 0.15) is 5.54 Å². The maximum Gasteiger partial charge on any atom is 0.418 e. The molecule has 0 radical (unpaired) electrons. The van der Waals surface area contributed by atoms with Crippen molar-refractivity contribution in [2.24, 2.45) is 5.92 Å². The number of amides is 1. The van der Waals surface area contributed by atoms with Crippen molar-refractivity contribution in [1.82, 2.24) is 4.90 Å². The number of nitrogens with one attached hydrogen (secondary N) is 1. The fourth-order valence-corrected chi connectivity index (χ4v) is 6.77. The van der Waals surface area contributed by atoms with Crippen LogP contribution in [0.25, 0.3) is 0 Å². The second kappa shape index (κ2) is 8.03. The molecule has 2 saturated heterocycles. The quantitative estimate of drug-likeness (QED) is 0.464. The summed E-state index contributed by atoms with van der Waals surface area (Å²) in [6.07, 6.45) is -3.06. The number of alkyl halides is 3. The van der Waals surface area contributed by atoms with Crippen molar-refractivity contribution in [3.63, 3.8) is 0 Å². The molecule has 4 nitrogen and oxygen atoms in total. The lowest BCUT2D eigenvalue weighted by Gasteiger charge is -2.37. The van der Waals surface area contributed by atoms with E-state index in [-0.39, 0.29) is 29.0 Å². The van der Waals surface area contributed by atoms with Crippen LogP contribution < -0.4 is 5.32 Å². The summed E-state index contributed by atoms with van der Waals surface area (Å²) in [4.78, 5) is 30.3. The van der Waals surface area contributed by atoms with E-state index in [0.717, 1.165) is 30.0 Å². The number of para-hydroxylation sites is 1. The lowest BCUT2D eigenvalue weighted by atomic mass is 9.68. The largest absolute Gasteiger partial charge is 0.418 e. The van der Waals surface area contributed by atoms with Gasteiger partial charge in [-0.15, -0.1) is 0 Å². The van der Waals surface area contributed by atoms with Crippen LogP contribution in [0.4, 0.5) is 18.9 Å². The second-order valence-electron chi connectivity index (χ2n) is 9.99. The van der Waals surface area contributed by atoms with Gasteiger partial charge in [-0.3, -0.25) is 14.5 Å². The van der Waals surface area contributed by atoms with Crippen molar-refractivity contribution >= 4 is 17.4 Å². The molecule has 1 N–H and O–H groups in total. The minimum Gasteiger partial charge on any atom is -0.323 e. The van der Waals surface area contributed by atoms with Gasteiger partial charge in [-0.1, -0.05) is 72.3 Å². The van der Waals surface area contributed by atoms with Crippen molar-refractivity contribution in [3.8, 4) is 0 Å². The number of Topliss-reactive ketones (excluding diaryl/α,β-unsaturated/α-hetero) is 1. The number of halogens is 3. The molecule has 0 aromatic heterocycles. The Balaban J connectivity index is 1.63. The molecule has 3 unspecified atom stereocenters. The number of anilines is 1. The van der Waals surface area contributed by atoms with Crippen molar-refractivity contribution < 1.29 is 22.8 Å². The Hall–Kier alpha value is -3.45. The number of hydrogen-bond donors (Lipinski definition) is 1. The van der Waals surface area contributed by atoms with Gasteiger partial charge in [0.25, 0.3) is 0 Å². The molecule has 3 aromatic carbocycles. The zero-order chi connectivity index (χ0) is 25.2. The third-order valence-electron chi connectivity index (χ3n) is 8.14. The summed E-state index contributed by atoms with van der Waals surface area (Å²) in [7, 11) is 0. The third-order valence-corrected chi connectivity index (χ3v) is 8.14. The van der Waals surface area contributed by atoms with Crippen LogP contribution in [0.5, 0.6) is 0 Å². The molecule has 7 heteroatoms. The van der Waals surface area contributed by atoms with Gasteiger partial charge in [-0.25, -0.2) is 0 Å². The van der Waals surface area contributed by atoms with Gasteiger partial charge in [0.2, 0.25) is 5.91 Å². The fourth-order valence-electron chi connectivity index (χ4n) is 6.77. The molecule has 2 fully saturated rings. The minimum absolute atomic E-state index is 0.141. The van der Waals surface area contributed by atoms with E-state index in [9.17, 15) is 22.8 Å². The molecule has 0 bridgehead atoms. The normalized spacial score (nSPS) is 27.2. The molecule has 0 aliphatic carbocycles. The fraction of sp³-hybridized carbons (Fsp3) is 0.310. The van der Waals surface area contributed by atoms with Gasteiger partial charge in [0, 0.05) is 23.1 Å². The van der Waals surface area contributed by atoms with Crippen LogP contribution in [-0.2, 0) is 16.5 Å². The van der Waals surface area contributed by atoms with E-state index in [0.29, 0.717) is 12.1 Å². The summed E-state index contributed by atoms with van der Waals surface area (Å²) in [6, 6.07) is 20.6. The summed E-state index contributed by atoms with van der Waals surface area (Å²) in [6.45, 7) is 2.46. The van der Waals surface area contributed by atoms with Crippen LogP contribution in [0, 0.1) is 12.8 Å². The van der Waals surface area contributed by atoms with Crippen molar-refractivity contribution in [2.45, 2.75) is 43.4 Å². The third kappa shape index (κ3) is 3.11. The summed E-state index contributed by atoms with van der Waals surface area (Å²) in [5.74, 6) is -1.99. The average Bonchev–Trinajstić information content (AvgIpc) is 3.52. The maximum atomic E-state index is 14.3. The molecule has 3 aliphatic heterocycles. The molecule has 6 rings (SSSR count). The van der Waals surface area contributed by atoms with Gasteiger partial charge in [0.15, 0.2) is 5.78 Å². The van der Waals surface area contributed by atoms with E-state index in [4.69, 9.17) is 0 Å². The Morgan fingerprint density at radius 3 is 2.42 bits per heavy atom. The van der Waals surface area contributed by atoms with Crippen LogP contribution in [0.1, 0.15) is 51.4 Å². The number of carbonyl (C=O) groups is 2. The second-order valence-corrected chi connectivity index (χ2v) is 9.99. The molecule has 0 saturated carbocycles. The SMILES string of the molecule is Cc1ccc(C(=O)C2C(c3ccccc3)C3CCCN3[C@@]23C(=O)Nc2c(C(F)(F)F)cccc23)cc1. The standard InChI is InChI=1S/C29H25F3N2O2/c1-17-12-14-19(15-13-17)26(35)24-23(18-7-3-2-4-8-18)22-11-6-16-34(22)28(24)20-9-5-10-21(29(30,31)32)25(20)33-27(28)36/h2-5,7-10,12-15,22-24H,6,11,16H2,1H3,(H,33,36)/t22?,23?,24?,28-/m1/s1. The van der Waals surface area contributed by atoms with Crippen LogP contribution in [0.3, 0.4) is 0 Å². The monoisotopic (exact) mass is 490 g/mol. The Labute approximate surface area is 207 Å². The number of carbonyl (C=O) groups excluding carboxylic acids is 2. The first-order chi connectivity index (χ1) is 17.2. The number of rotatable bonds is 3. The summed E-state index contributed by atoms with van der Waals surface area (Å²) in [5, 5.41) is 2.58. The van der Waals surface area contributed by atoms with Crippen molar-refractivity contribution in [1.29, 1.82) is 0 Å². The van der Waals surface area contributed by atoms with Crippen molar-refractivity contribution in [2.75, 3.05) is 11.9 Å². The molecule has 184 valence electrons. The van der Waals surface area contributed by atoms with E-state index >= 15 is 0 Å². The van der Waals surface area contributed by atoms with E-state index < -0.39 is 29.1 Å². The van der Waals surface area contributed by atoms with E-state index in [2.05, 4.69) is 5.32 Å². The minimum atomic E-state index is -4.64. The smallest absolute Gasteiger partial charge is 0.323 e. The highest BCUT2D eigenvalue weighted by Crippen LogP contribution is 2.62. The molecule has 1 amide bonds. The number of ketones is 1. The first-order valence-corrected chi connectivity index (χ1v) is 12.2. The molecular formula is C29H25F3N2O2. The number of aryl methyl sites for hydroxylation is 1. The van der Waals surface area contributed by atoms with E-state index in [1.807, 2.05) is 54.3 Å². The van der Waals surface area contributed by atoms with Gasteiger partial charge in [-0.2, -0.15) is 13.2 Å². The molecule has 3 heterocycles. The maximum absolute atomic E-state index is 14.3. The van der Waals surface area contributed by atoms with Gasteiger partial charge in [0.05, 0.1) is 17.2 Å². The van der Waals surface area contributed by atoms with Crippen LogP contribution >= 0.6 is 0 Å². The van der Waals surface area contributed by atoms with Crippen LogP contribution in [0.15, 0.2) is 72.8 Å². The number of benzene rings is 3. The summed E-state index contributed by atoms with van der Waals surface area (Å²) in [5.41, 5.74) is -0.00272. The highest BCUT2D eigenvalue weighted by molar-refractivity contribution is 6.13. The van der Waals surface area contributed by atoms with Crippen molar-refractivity contribution in [3.05, 3.63) is 101 Å². The van der Waals surface area contributed by atoms with Gasteiger partial charge >= 0.3 is 6.18 Å². The topological polar surface area (TPSA) is 49.4 Å². The predicted molar refractivity (Wildman–Crippen MR) is 130 cm³/mol. The van der Waals surface area contributed by atoms with E-state index in [1.54, 1.807) is 18.2 Å². The van der Waals surface area contributed by atoms with E-state index in [1.165, 1.54) is 6.07 Å². The number of fused-ring (bicyclic) bond motifs is 4. The molecule has 36 heavy (non-hydrogen) atoms. The number of hydrogen-bond acceptors (Lipinski definition) is 3. The molecule has 1 spiro atoms. The van der Waals surface area contributed by atoms with Crippen LogP contribution in [-0.4, -0.2) is 29.2 Å². The van der Waals surface area contributed by atoms with Gasteiger partial charge < -0.3 is 5.32 Å². The van der Waals surface area contributed by atoms with Gasteiger partial charge in [-0.05, 0) is 37.9 Å². The Morgan fingerprint density at radius 1 is 1.00 bits per heavy atom. The highest BCUT2D eigenvalue weighted by Gasteiger charge is 2.69. The summed E-state index contributed by atoms with van der Waals surface area (Å²) < 4.78 is 41.9. The Bertz CT molecular complexity index is 1350. The average molecular weight is 491 g/mol. The zero-order valence-corrected chi connectivity index (χ0v) is 19.7. The zero-order valence-electron chi connectivity index (χ0n) is 19.7. The first-order valence-electron chi connectivity index (χ1n) is 12.2. The lowest BCUT2D eigenvalue weighted by molar-refractivity contribution is -0.136. The number of nitrogens with zero attached hydrogens (tertiary/aromatic N) is 1. The molecule has 4 atom stereocenters. The lowest BCUT2D eigenvalue weighted by Crippen LogP contribution is -2.52. The Kier molecular flexibility index (Phi) is 5.13. The molecule has 3 aromatic rings. The Morgan fingerprint density at radius 2 is 1.72 bits per heavy atom. The highest BCUT2D eigenvalue weighted by atomic mass is 19.4. The predicted octanol–water partition coefficient (Wildman–Crippen LogP) is 5.92. The van der Waals surface area contributed by atoms with Crippen LogP contribution in [0.2, 0.25) is 0 Å². The first kappa shape index (κ1) is 23.0.